The van der Waals surface area contributed by atoms with Gasteiger partial charge in [0.05, 0.1) is 6.04 Å². The molecule has 0 saturated carbocycles. The number of hydrogen-bond acceptors (Lipinski definition) is 8. The molecule has 264 valence electrons. The number of rotatable bonds is 19. The summed E-state index contributed by atoms with van der Waals surface area (Å²) in [7, 11) is -1.57. The summed E-state index contributed by atoms with van der Waals surface area (Å²) in [5, 5.41) is 23.0. The van der Waals surface area contributed by atoms with E-state index in [1.807, 2.05) is 19.9 Å². The number of unbranched alkanes of at least 4 members (excludes halogenated alkanes) is 1. The molecule has 0 radical (unpaired) electrons. The van der Waals surface area contributed by atoms with Crippen LogP contribution in [0.4, 0.5) is 0 Å². The van der Waals surface area contributed by atoms with Crippen LogP contribution in [0.25, 0.3) is 0 Å². The number of likely N-dealkylation sites (tertiary alicyclic amines) is 1. The smallest absolute Gasteiger partial charge is 0.427 e. The van der Waals surface area contributed by atoms with Crippen molar-refractivity contribution >= 4 is 43.2 Å². The van der Waals surface area contributed by atoms with E-state index in [1.54, 1.807) is 54.6 Å². The van der Waals surface area contributed by atoms with Crippen LogP contribution in [0.15, 0.2) is 60.7 Å². The Bertz CT molecular complexity index is 1390. The molecule has 1 heterocycles. The number of benzene rings is 2. The van der Waals surface area contributed by atoms with Crippen LogP contribution in [0.5, 0.6) is 0 Å². The summed E-state index contributed by atoms with van der Waals surface area (Å²) in [6.07, 6.45) is 1.79. The van der Waals surface area contributed by atoms with Gasteiger partial charge in [-0.1, -0.05) is 74.5 Å². The van der Waals surface area contributed by atoms with Gasteiger partial charge in [-0.15, -0.1) is 12.4 Å². The molecule has 5 atom stereocenters. The average Bonchev–Trinajstić information content (AvgIpc) is 3.62. The quantitative estimate of drug-likeness (QED) is 0.0834. The molecule has 0 spiro atoms. The van der Waals surface area contributed by atoms with Crippen LogP contribution >= 0.6 is 12.4 Å². The summed E-state index contributed by atoms with van der Waals surface area (Å²) in [6, 6.07) is 12.6. The lowest BCUT2D eigenvalue weighted by molar-refractivity contribution is -0.137. The van der Waals surface area contributed by atoms with Crippen LogP contribution < -0.4 is 27.4 Å². The SMILES string of the molecule is Cl.[2H]N[C@H](Cc1ccccc1)C(=O)N([2H])[C@@H](Cc1ccccc1)C(=O)N([2H])[C@@H](CC(C)C)C(=O)N[C@@H](CCCCN)C(=O)N1CC[C@@H](B(O)O)C1. The van der Waals surface area contributed by atoms with Gasteiger partial charge in [0.1, 0.15) is 19.5 Å². The largest absolute Gasteiger partial charge is 0.456 e. The highest BCUT2D eigenvalue weighted by atomic mass is 35.5. The van der Waals surface area contributed by atoms with Crippen molar-refractivity contribution in [2.75, 3.05) is 19.6 Å². The van der Waals surface area contributed by atoms with Crippen molar-refractivity contribution < 1.29 is 33.5 Å². The molecule has 3 rings (SSSR count). The Morgan fingerprint density at radius 2 is 1.52 bits per heavy atom. The van der Waals surface area contributed by atoms with Crippen LogP contribution in [0.2, 0.25) is 10.1 Å². The summed E-state index contributed by atoms with van der Waals surface area (Å²) < 4.78 is 25.6. The summed E-state index contributed by atoms with van der Waals surface area (Å²) in [5.74, 6) is -3.62. The minimum atomic E-state index is -1.57. The number of halogens is 1. The lowest BCUT2D eigenvalue weighted by Crippen LogP contribution is -2.58. The Hall–Kier alpha value is -3.49. The highest BCUT2D eigenvalue weighted by molar-refractivity contribution is 6.43. The Morgan fingerprint density at radius 3 is 2.06 bits per heavy atom. The number of nitrogens with two attached hydrogens (primary N) is 2. The summed E-state index contributed by atoms with van der Waals surface area (Å²) in [6.45, 7) is 4.43. The first kappa shape index (κ1) is 35.8. The molecule has 1 aliphatic rings. The molecule has 48 heavy (non-hydrogen) atoms. The summed E-state index contributed by atoms with van der Waals surface area (Å²) in [5.41, 5.74) is 9.24. The standard InChI is InChI=1S/C34H51BN6O6.ClH/c1-23(2)19-29(32(43)38-28(15-9-10-17-36)34(45)41-18-16-26(22-41)35(46)47)40-33(44)30(21-25-13-7-4-8-14-25)39-31(42)27(37)20-24-11-5-3-6-12-24;/h3-8,11-14,23,26-30,46-47H,9-10,15-22,36-37H2,1-2H3,(H,38,43)(H,39,42)(H,40,44);1H/t26-,27-,28+,29+,30+;/m1./s1/i/hD3. The van der Waals surface area contributed by atoms with Gasteiger partial charge in [-0.3, -0.25) is 19.2 Å². The van der Waals surface area contributed by atoms with E-state index in [9.17, 15) is 29.2 Å². The second-order valence-corrected chi connectivity index (χ2v) is 12.6. The van der Waals surface area contributed by atoms with Crippen molar-refractivity contribution in [3.05, 3.63) is 71.8 Å². The molecule has 9 N–H and O–H groups in total. The van der Waals surface area contributed by atoms with Crippen LogP contribution in [0.1, 0.15) is 57.1 Å². The molecule has 14 heteroatoms. The third-order valence-electron chi connectivity index (χ3n) is 8.22. The van der Waals surface area contributed by atoms with Crippen LogP contribution in [0.3, 0.4) is 0 Å². The zero-order valence-corrected chi connectivity index (χ0v) is 28.6. The highest BCUT2D eigenvalue weighted by Crippen LogP contribution is 2.24. The van der Waals surface area contributed by atoms with E-state index in [-0.39, 0.29) is 57.1 Å². The molecular formula is C34H52BClN6O6. The van der Waals surface area contributed by atoms with Gasteiger partial charge in [-0.25, -0.2) is 0 Å². The van der Waals surface area contributed by atoms with Gasteiger partial charge in [0.15, 0.2) is 2.82 Å². The van der Waals surface area contributed by atoms with Gasteiger partial charge >= 0.3 is 7.12 Å². The first-order valence-corrected chi connectivity index (χ1v) is 16.4. The number of amides is 4. The summed E-state index contributed by atoms with van der Waals surface area (Å²) in [4.78, 5) is 56.8. The maximum absolute atomic E-state index is 14.2. The first-order valence-electron chi connectivity index (χ1n) is 17.8. The Morgan fingerprint density at radius 1 is 0.917 bits per heavy atom. The fourth-order valence-electron chi connectivity index (χ4n) is 5.58. The first-order chi connectivity index (χ1) is 23.9. The molecule has 4 amide bonds. The van der Waals surface area contributed by atoms with Crippen LogP contribution in [-0.4, -0.2) is 89.5 Å². The zero-order chi connectivity index (χ0) is 36.8. The second kappa shape index (κ2) is 20.8. The van der Waals surface area contributed by atoms with Gasteiger partial charge in [0.25, 0.3) is 0 Å². The molecule has 0 unspecified atom stereocenters. The van der Waals surface area contributed by atoms with Crippen molar-refractivity contribution in [3.63, 3.8) is 0 Å². The van der Waals surface area contributed by atoms with E-state index in [1.165, 1.54) is 4.90 Å². The lowest BCUT2D eigenvalue weighted by atomic mass is 9.72. The van der Waals surface area contributed by atoms with E-state index in [0.717, 1.165) is 5.56 Å². The molecule has 1 aliphatic heterocycles. The molecule has 0 aliphatic carbocycles. The predicted molar refractivity (Wildman–Crippen MR) is 189 cm³/mol. The van der Waals surface area contributed by atoms with Crippen molar-refractivity contribution in [2.45, 2.75) is 88.8 Å². The maximum Gasteiger partial charge on any atom is 0.456 e. The van der Waals surface area contributed by atoms with E-state index >= 15 is 0 Å². The van der Waals surface area contributed by atoms with E-state index < -0.39 is 60.7 Å². The number of carbonyl (C=O) groups excluding carboxylic acids is 4. The van der Waals surface area contributed by atoms with Gasteiger partial charge in [0.2, 0.25) is 23.6 Å². The molecule has 2 aromatic carbocycles. The number of carbonyl (C=O) groups is 4. The number of nitrogens with zero attached hydrogens (tertiary/aromatic N) is 1. The van der Waals surface area contributed by atoms with Gasteiger partial charge < -0.3 is 42.3 Å². The van der Waals surface area contributed by atoms with Crippen molar-refractivity contribution in [1.82, 2.24) is 20.8 Å². The zero-order valence-electron chi connectivity index (χ0n) is 30.7. The Balaban J connectivity index is 0.00000901. The normalized spacial score (nSPS) is 17.5. The molecule has 0 bridgehead atoms. The maximum atomic E-state index is 14.2. The Labute approximate surface area is 294 Å². The van der Waals surface area contributed by atoms with Crippen LogP contribution in [0, 0.1) is 5.92 Å². The minimum Gasteiger partial charge on any atom is -0.427 e. The monoisotopic (exact) mass is 689 g/mol. The van der Waals surface area contributed by atoms with E-state index in [4.69, 9.17) is 9.97 Å². The van der Waals surface area contributed by atoms with E-state index in [2.05, 4.69) is 11.0 Å². The molecular weight excluding hydrogens is 635 g/mol. The molecule has 1 saturated heterocycles. The third kappa shape index (κ3) is 13.2. The lowest BCUT2D eigenvalue weighted by Gasteiger charge is -2.28. The van der Waals surface area contributed by atoms with Crippen molar-refractivity contribution in [1.29, 1.82) is 0 Å². The second-order valence-electron chi connectivity index (χ2n) is 12.6. The van der Waals surface area contributed by atoms with Gasteiger partial charge in [-0.05, 0) is 62.1 Å². The fourth-order valence-corrected chi connectivity index (χ4v) is 5.58. The Kier molecular flexibility index (Phi) is 15.5. The van der Waals surface area contributed by atoms with E-state index in [0.29, 0.717) is 42.0 Å². The molecule has 0 aromatic heterocycles. The summed E-state index contributed by atoms with van der Waals surface area (Å²) >= 11 is 0. The fraction of sp³-hybridized carbons (Fsp3) is 0.529. The van der Waals surface area contributed by atoms with Gasteiger partial charge in [0, 0.05) is 25.3 Å². The van der Waals surface area contributed by atoms with Crippen LogP contribution in [-0.2, 0) is 32.0 Å². The topological polar surface area (TPSA) is 200 Å². The molecule has 1 fully saturated rings. The third-order valence-corrected chi connectivity index (χ3v) is 8.22. The average molecular weight is 690 g/mol. The van der Waals surface area contributed by atoms with Crippen molar-refractivity contribution in [3.8, 4) is 0 Å². The predicted octanol–water partition coefficient (Wildman–Crippen LogP) is 0.926. The van der Waals surface area contributed by atoms with Crippen molar-refractivity contribution in [2.24, 2.45) is 17.4 Å². The highest BCUT2D eigenvalue weighted by Gasteiger charge is 2.37. The minimum absolute atomic E-state index is 0. The number of nitrogens with one attached hydrogen (secondary N) is 3. The van der Waals surface area contributed by atoms with Gasteiger partial charge in [-0.2, -0.15) is 0 Å². The molecule has 12 nitrogen and oxygen atoms in total. The molecule has 2 aromatic rings. The number of hydrogen-bond donors (Lipinski definition) is 7.